The van der Waals surface area contributed by atoms with Crippen LogP contribution in [0.25, 0.3) is 0 Å². The van der Waals surface area contributed by atoms with Gasteiger partial charge >= 0.3 is 0 Å². The average molecular weight is 389 g/mol. The van der Waals surface area contributed by atoms with Crippen molar-refractivity contribution in [2.24, 2.45) is 5.92 Å². The maximum atomic E-state index is 11.7. The van der Waals surface area contributed by atoms with Crippen LogP contribution in [0, 0.1) is 12.8 Å². The molecule has 0 unspecified atom stereocenters. The van der Waals surface area contributed by atoms with Crippen LogP contribution in [0.2, 0.25) is 0 Å². The van der Waals surface area contributed by atoms with Gasteiger partial charge in [-0.25, -0.2) is 0 Å². The first-order valence-corrected chi connectivity index (χ1v) is 5.18. The fourth-order valence-corrected chi connectivity index (χ4v) is 1.34. The van der Waals surface area contributed by atoms with Gasteiger partial charge in [0.1, 0.15) is 5.75 Å². The van der Waals surface area contributed by atoms with Crippen LogP contribution in [0.1, 0.15) is 30.6 Å². The van der Waals surface area contributed by atoms with Crippen LogP contribution in [-0.2, 0) is 21.1 Å². The minimum Gasteiger partial charge on any atom is -0.525 e. The molecule has 0 aromatic heterocycles. The summed E-state index contributed by atoms with van der Waals surface area (Å²) < 4.78 is 5.20. The molecule has 1 rings (SSSR count). The van der Waals surface area contributed by atoms with Crippen molar-refractivity contribution in [2.45, 2.75) is 20.3 Å². The zero-order valence-corrected chi connectivity index (χ0v) is 12.7. The second kappa shape index (κ2) is 7.62. The number of carbonyl (C=O) groups is 1. The van der Waals surface area contributed by atoms with E-state index < -0.39 is 0 Å². The number of ketones is 1. The van der Waals surface area contributed by atoms with Gasteiger partial charge in [-0.2, -0.15) is 0 Å². The first-order chi connectivity index (χ1) is 7.13. The zero-order valence-electron chi connectivity index (χ0n) is 9.73. The fraction of sp³-hybridized carbons (Fsp3) is 0.385. The molecule has 0 heterocycles. The standard InChI is InChI=1S/C13H17O2.W/c1-4-15-12-7-5-11(6-8-12)13(14)9-10(2)3;/h5-8,10H,1,4,9H2,2-3H3;/q-1;. The Bertz CT molecular complexity index is 317. The van der Waals surface area contributed by atoms with E-state index in [9.17, 15) is 4.79 Å². The Kier molecular flexibility index (Phi) is 7.32. The summed E-state index contributed by atoms with van der Waals surface area (Å²) in [5.41, 5.74) is 0.750. The van der Waals surface area contributed by atoms with Crippen molar-refractivity contribution in [3.05, 3.63) is 36.8 Å². The molecule has 88 valence electrons. The minimum absolute atomic E-state index is 0. The van der Waals surface area contributed by atoms with Gasteiger partial charge in [0.05, 0.1) is 0 Å². The van der Waals surface area contributed by atoms with Crippen LogP contribution in [-0.4, -0.2) is 12.4 Å². The Morgan fingerprint density at radius 3 is 2.31 bits per heavy atom. The van der Waals surface area contributed by atoms with Crippen molar-refractivity contribution in [1.29, 1.82) is 0 Å². The summed E-state index contributed by atoms with van der Waals surface area (Å²) in [6.07, 6.45) is 0.593. The number of benzene rings is 1. The van der Waals surface area contributed by atoms with Crippen molar-refractivity contribution < 1.29 is 30.6 Å². The third kappa shape index (κ3) is 4.94. The number of Topliss-reactive ketones (excluding diaryl/α,β-unsaturated/α-hetero) is 1. The molecular weight excluding hydrogens is 372 g/mol. The number of hydrogen-bond acceptors (Lipinski definition) is 2. The molecule has 0 radical (unpaired) electrons. The Labute approximate surface area is 112 Å². The first-order valence-electron chi connectivity index (χ1n) is 5.18. The molecule has 2 nitrogen and oxygen atoms in total. The van der Waals surface area contributed by atoms with Gasteiger partial charge in [0.2, 0.25) is 0 Å². The average Bonchev–Trinajstić information content (AvgIpc) is 2.18. The third-order valence-electron chi connectivity index (χ3n) is 2.04. The summed E-state index contributed by atoms with van der Waals surface area (Å²) in [5.74, 6) is 1.34. The van der Waals surface area contributed by atoms with Crippen LogP contribution in [0.5, 0.6) is 5.75 Å². The van der Waals surface area contributed by atoms with Gasteiger partial charge in [-0.1, -0.05) is 13.8 Å². The van der Waals surface area contributed by atoms with Crippen molar-refractivity contribution in [2.75, 3.05) is 6.61 Å². The SMILES string of the molecule is [CH2-]COc1ccc(C(=O)CC(C)C)cc1.[W]. The molecule has 0 amide bonds. The van der Waals surface area contributed by atoms with E-state index in [-0.39, 0.29) is 26.8 Å². The van der Waals surface area contributed by atoms with Crippen molar-refractivity contribution in [3.8, 4) is 5.75 Å². The summed E-state index contributed by atoms with van der Waals surface area (Å²) >= 11 is 0. The molecule has 0 bridgehead atoms. The molecule has 0 atom stereocenters. The molecule has 0 saturated heterocycles. The molecule has 0 aliphatic carbocycles. The number of ether oxygens (including phenoxy) is 1. The van der Waals surface area contributed by atoms with E-state index in [4.69, 9.17) is 4.74 Å². The molecule has 0 spiro atoms. The smallest absolute Gasteiger partial charge is 0.163 e. The summed E-state index contributed by atoms with van der Waals surface area (Å²) in [6, 6.07) is 7.21. The van der Waals surface area contributed by atoms with Gasteiger partial charge in [-0.05, 0) is 36.8 Å². The fourth-order valence-electron chi connectivity index (χ4n) is 1.34. The third-order valence-corrected chi connectivity index (χ3v) is 2.04. The summed E-state index contributed by atoms with van der Waals surface area (Å²) in [4.78, 5) is 11.7. The van der Waals surface area contributed by atoms with Gasteiger partial charge in [0.15, 0.2) is 5.78 Å². The van der Waals surface area contributed by atoms with Gasteiger partial charge in [-0.15, -0.1) is 0 Å². The van der Waals surface area contributed by atoms with Crippen molar-refractivity contribution >= 4 is 5.78 Å². The van der Waals surface area contributed by atoms with E-state index in [1.54, 1.807) is 24.3 Å². The predicted molar refractivity (Wildman–Crippen MR) is 61.1 cm³/mol. The van der Waals surface area contributed by atoms with Crippen LogP contribution in [0.15, 0.2) is 24.3 Å². The van der Waals surface area contributed by atoms with Gasteiger partial charge in [0, 0.05) is 33.0 Å². The maximum Gasteiger partial charge on any atom is 0.163 e. The topological polar surface area (TPSA) is 26.3 Å². The monoisotopic (exact) mass is 389 g/mol. The van der Waals surface area contributed by atoms with Crippen LogP contribution >= 0.6 is 0 Å². The largest absolute Gasteiger partial charge is 0.525 e. The Balaban J connectivity index is 0.00000225. The molecule has 0 N–H and O–H groups in total. The molecule has 16 heavy (non-hydrogen) atoms. The zero-order chi connectivity index (χ0) is 11.3. The van der Waals surface area contributed by atoms with Crippen molar-refractivity contribution in [3.63, 3.8) is 0 Å². The van der Waals surface area contributed by atoms with Crippen LogP contribution < -0.4 is 4.74 Å². The van der Waals surface area contributed by atoms with Crippen molar-refractivity contribution in [1.82, 2.24) is 0 Å². The van der Waals surface area contributed by atoms with E-state index in [1.165, 1.54) is 0 Å². The Morgan fingerprint density at radius 2 is 1.88 bits per heavy atom. The van der Waals surface area contributed by atoms with Crippen LogP contribution in [0.4, 0.5) is 0 Å². The summed E-state index contributed by atoms with van der Waals surface area (Å²) in [7, 11) is 0. The minimum atomic E-state index is 0. The summed E-state index contributed by atoms with van der Waals surface area (Å²) in [6.45, 7) is 8.07. The molecule has 0 aliphatic rings. The van der Waals surface area contributed by atoms with Crippen LogP contribution in [0.3, 0.4) is 0 Å². The normalized spacial score (nSPS) is 9.75. The van der Waals surface area contributed by atoms with Gasteiger partial charge < -0.3 is 11.7 Å². The van der Waals surface area contributed by atoms with E-state index in [0.29, 0.717) is 18.9 Å². The van der Waals surface area contributed by atoms with E-state index in [0.717, 1.165) is 11.3 Å². The molecule has 3 heteroatoms. The maximum absolute atomic E-state index is 11.7. The Hall–Kier alpha value is -0.622. The van der Waals surface area contributed by atoms with Gasteiger partial charge in [-0.3, -0.25) is 4.79 Å². The molecular formula is C13H17O2W-. The first kappa shape index (κ1) is 15.4. The number of rotatable bonds is 5. The number of carbonyl (C=O) groups excluding carboxylic acids is 1. The van der Waals surface area contributed by atoms with E-state index in [2.05, 4.69) is 6.92 Å². The second-order valence-electron chi connectivity index (χ2n) is 3.89. The molecule has 0 saturated carbocycles. The second-order valence-corrected chi connectivity index (χ2v) is 3.89. The van der Waals surface area contributed by atoms with E-state index in [1.807, 2.05) is 13.8 Å². The molecule has 1 aromatic carbocycles. The molecule has 0 aliphatic heterocycles. The number of hydrogen-bond donors (Lipinski definition) is 0. The molecule has 0 fully saturated rings. The summed E-state index contributed by atoms with van der Waals surface area (Å²) in [5, 5.41) is 0. The van der Waals surface area contributed by atoms with Gasteiger partial charge in [0.25, 0.3) is 0 Å². The predicted octanol–water partition coefficient (Wildman–Crippen LogP) is 3.13. The Morgan fingerprint density at radius 1 is 1.31 bits per heavy atom. The molecule has 1 aromatic rings. The quantitative estimate of drug-likeness (QED) is 0.572. The van der Waals surface area contributed by atoms with E-state index >= 15 is 0 Å².